The van der Waals surface area contributed by atoms with Crippen molar-refractivity contribution in [3.05, 3.63) is 0 Å². The second kappa shape index (κ2) is 1.65. The summed E-state index contributed by atoms with van der Waals surface area (Å²) < 4.78 is 29.4. The average molecular weight is 163 g/mol. The molecule has 1 aliphatic heterocycles. The number of hydrogen-bond donors (Lipinski definition) is 1. The second-order valence-electron chi connectivity index (χ2n) is 3.14. The highest BCUT2D eigenvalue weighted by Crippen LogP contribution is 2.48. The van der Waals surface area contributed by atoms with Gasteiger partial charge < -0.3 is 10.1 Å². The fraction of sp³-hybridized carbons (Fsp3) is 0.833. The van der Waals surface area contributed by atoms with E-state index in [-0.39, 0.29) is 19.4 Å². The average Bonchev–Trinajstić information content (AvgIpc) is 2.08. The molecule has 0 aromatic heterocycles. The van der Waals surface area contributed by atoms with Crippen LogP contribution in [0.3, 0.4) is 0 Å². The van der Waals surface area contributed by atoms with E-state index in [1.807, 2.05) is 0 Å². The molecule has 2 fully saturated rings. The number of carbonyl (C=O) groups is 1. The molecular weight excluding hydrogens is 156 g/mol. The molecule has 0 aromatic rings. The lowest BCUT2D eigenvalue weighted by atomic mass is 9.77. The van der Waals surface area contributed by atoms with E-state index < -0.39 is 17.6 Å². The van der Waals surface area contributed by atoms with Gasteiger partial charge in [-0.2, -0.15) is 0 Å². The van der Waals surface area contributed by atoms with Crippen LogP contribution in [0.2, 0.25) is 0 Å². The number of hydrogen-bond acceptors (Lipinski definition) is 2. The molecule has 1 N–H and O–H groups in total. The maximum atomic E-state index is 12.3. The van der Waals surface area contributed by atoms with Gasteiger partial charge in [0, 0.05) is 0 Å². The molecule has 2 aliphatic rings. The Balaban J connectivity index is 2.03. The van der Waals surface area contributed by atoms with E-state index >= 15 is 0 Å². The van der Waals surface area contributed by atoms with Gasteiger partial charge in [0.25, 0.3) is 5.92 Å². The molecule has 0 aromatic carbocycles. The summed E-state index contributed by atoms with van der Waals surface area (Å²) in [5.41, 5.74) is -0.888. The second-order valence-corrected chi connectivity index (χ2v) is 3.14. The van der Waals surface area contributed by atoms with Crippen molar-refractivity contribution in [2.75, 3.05) is 6.54 Å². The Morgan fingerprint density at radius 1 is 1.45 bits per heavy atom. The van der Waals surface area contributed by atoms with Crippen LogP contribution in [0.4, 0.5) is 13.6 Å². The molecule has 1 spiro atoms. The van der Waals surface area contributed by atoms with Gasteiger partial charge >= 0.3 is 6.09 Å². The number of halogens is 2. The summed E-state index contributed by atoms with van der Waals surface area (Å²) in [6.07, 6.45) is -1.25. The normalized spacial score (nSPS) is 30.9. The highest BCUT2D eigenvalue weighted by molar-refractivity contribution is 5.70. The summed E-state index contributed by atoms with van der Waals surface area (Å²) in [4.78, 5) is 10.5. The molecule has 1 amide bonds. The highest BCUT2D eigenvalue weighted by Gasteiger charge is 2.61. The first-order valence-corrected chi connectivity index (χ1v) is 3.36. The first-order chi connectivity index (χ1) is 5.02. The van der Waals surface area contributed by atoms with Crippen LogP contribution in [-0.4, -0.2) is 24.2 Å². The predicted molar refractivity (Wildman–Crippen MR) is 31.4 cm³/mol. The Kier molecular flexibility index (Phi) is 1.02. The van der Waals surface area contributed by atoms with E-state index in [2.05, 4.69) is 5.32 Å². The van der Waals surface area contributed by atoms with Crippen LogP contribution in [-0.2, 0) is 4.74 Å². The van der Waals surface area contributed by atoms with Gasteiger partial charge in [-0.1, -0.05) is 0 Å². The molecule has 1 saturated heterocycles. The zero-order valence-electron chi connectivity index (χ0n) is 5.69. The highest BCUT2D eigenvalue weighted by atomic mass is 19.3. The number of alkyl carbamates (subject to hydrolysis) is 1. The summed E-state index contributed by atoms with van der Waals surface area (Å²) in [5.74, 6) is -2.63. The topological polar surface area (TPSA) is 38.3 Å². The summed E-state index contributed by atoms with van der Waals surface area (Å²) in [6, 6.07) is 0. The number of ether oxygens (including phenoxy) is 1. The van der Waals surface area contributed by atoms with Crippen molar-refractivity contribution in [1.82, 2.24) is 5.32 Å². The maximum Gasteiger partial charge on any atom is 0.407 e. The van der Waals surface area contributed by atoms with E-state index in [9.17, 15) is 13.6 Å². The Morgan fingerprint density at radius 3 is 2.45 bits per heavy atom. The minimum atomic E-state index is -2.63. The third-order valence-electron chi connectivity index (χ3n) is 2.03. The van der Waals surface area contributed by atoms with E-state index in [0.29, 0.717) is 0 Å². The molecule has 1 heterocycles. The summed E-state index contributed by atoms with van der Waals surface area (Å²) in [7, 11) is 0. The molecule has 0 radical (unpaired) electrons. The van der Waals surface area contributed by atoms with Crippen molar-refractivity contribution >= 4 is 6.09 Å². The van der Waals surface area contributed by atoms with Gasteiger partial charge in [0.2, 0.25) is 0 Å². The first kappa shape index (κ1) is 6.82. The summed E-state index contributed by atoms with van der Waals surface area (Å²) >= 11 is 0. The molecular formula is C6H7F2NO2. The standard InChI is InChI=1S/C6H7F2NO2/c7-6(8)1-5(2-6)3-9-4(10)11-5/h1-3H2,(H,9,10). The largest absolute Gasteiger partial charge is 0.441 e. The fourth-order valence-corrected chi connectivity index (χ4v) is 1.59. The zero-order chi connectivity index (χ0) is 8.11. The van der Waals surface area contributed by atoms with Crippen molar-refractivity contribution < 1.29 is 18.3 Å². The third-order valence-corrected chi connectivity index (χ3v) is 2.03. The lowest BCUT2D eigenvalue weighted by molar-refractivity contribution is -0.187. The van der Waals surface area contributed by atoms with Crippen LogP contribution in [0.1, 0.15) is 12.8 Å². The Hall–Kier alpha value is -0.870. The molecule has 11 heavy (non-hydrogen) atoms. The van der Waals surface area contributed by atoms with E-state index in [1.165, 1.54) is 0 Å². The number of amides is 1. The van der Waals surface area contributed by atoms with Crippen molar-refractivity contribution in [3.8, 4) is 0 Å². The number of alkyl halides is 2. The lowest BCUT2D eigenvalue weighted by Gasteiger charge is -2.41. The van der Waals surface area contributed by atoms with Crippen LogP contribution in [0.5, 0.6) is 0 Å². The third kappa shape index (κ3) is 0.948. The minimum Gasteiger partial charge on any atom is -0.441 e. The van der Waals surface area contributed by atoms with E-state index in [4.69, 9.17) is 4.74 Å². The van der Waals surface area contributed by atoms with Gasteiger partial charge in [-0.25, -0.2) is 13.6 Å². The van der Waals surface area contributed by atoms with Crippen LogP contribution in [0.25, 0.3) is 0 Å². The van der Waals surface area contributed by atoms with Gasteiger partial charge in [0.15, 0.2) is 0 Å². The lowest BCUT2D eigenvalue weighted by Crippen LogP contribution is -2.54. The molecule has 2 rings (SSSR count). The SMILES string of the molecule is O=C1NCC2(CC(F)(F)C2)O1. The van der Waals surface area contributed by atoms with Crippen molar-refractivity contribution in [2.24, 2.45) is 0 Å². The molecule has 0 bridgehead atoms. The molecule has 3 nitrogen and oxygen atoms in total. The van der Waals surface area contributed by atoms with Crippen molar-refractivity contribution in [1.29, 1.82) is 0 Å². The minimum absolute atomic E-state index is 0.224. The molecule has 5 heteroatoms. The maximum absolute atomic E-state index is 12.3. The van der Waals surface area contributed by atoms with E-state index in [0.717, 1.165) is 0 Å². The number of rotatable bonds is 0. The van der Waals surface area contributed by atoms with Gasteiger partial charge in [-0.15, -0.1) is 0 Å². The van der Waals surface area contributed by atoms with Crippen molar-refractivity contribution in [3.63, 3.8) is 0 Å². The van der Waals surface area contributed by atoms with Gasteiger partial charge in [-0.05, 0) is 0 Å². The predicted octanol–water partition coefficient (Wildman–Crippen LogP) is 0.894. The summed E-state index contributed by atoms with van der Waals surface area (Å²) in [5, 5.41) is 2.36. The van der Waals surface area contributed by atoms with Crippen LogP contribution in [0, 0.1) is 0 Å². The smallest absolute Gasteiger partial charge is 0.407 e. The molecule has 1 aliphatic carbocycles. The fourth-order valence-electron chi connectivity index (χ4n) is 1.59. The first-order valence-electron chi connectivity index (χ1n) is 3.36. The van der Waals surface area contributed by atoms with Gasteiger partial charge in [0.1, 0.15) is 5.60 Å². The molecule has 0 atom stereocenters. The Bertz CT molecular complexity index is 209. The molecule has 1 saturated carbocycles. The molecule has 62 valence electrons. The van der Waals surface area contributed by atoms with Gasteiger partial charge in [-0.3, -0.25) is 0 Å². The van der Waals surface area contributed by atoms with Crippen LogP contribution in [0.15, 0.2) is 0 Å². The van der Waals surface area contributed by atoms with Crippen LogP contribution >= 0.6 is 0 Å². The monoisotopic (exact) mass is 163 g/mol. The number of nitrogens with one attached hydrogen (secondary N) is 1. The summed E-state index contributed by atoms with van der Waals surface area (Å²) in [6.45, 7) is 0.224. The Morgan fingerprint density at radius 2 is 2.09 bits per heavy atom. The quantitative estimate of drug-likeness (QED) is 0.576. The van der Waals surface area contributed by atoms with Crippen LogP contribution < -0.4 is 5.32 Å². The Labute approximate surface area is 61.7 Å². The van der Waals surface area contributed by atoms with E-state index in [1.54, 1.807) is 0 Å². The molecule has 0 unspecified atom stereocenters. The van der Waals surface area contributed by atoms with Gasteiger partial charge in [0.05, 0.1) is 19.4 Å². The van der Waals surface area contributed by atoms with Crippen molar-refractivity contribution in [2.45, 2.75) is 24.4 Å². The zero-order valence-corrected chi connectivity index (χ0v) is 5.69. The number of carbonyl (C=O) groups excluding carboxylic acids is 1.